The summed E-state index contributed by atoms with van der Waals surface area (Å²) in [5, 5.41) is 1.08. The molecule has 0 radical (unpaired) electrons. The first kappa shape index (κ1) is 8.66. The van der Waals surface area contributed by atoms with Gasteiger partial charge in [0.25, 0.3) is 0 Å². The summed E-state index contributed by atoms with van der Waals surface area (Å²) in [6.45, 7) is 0. The molecule has 0 fully saturated rings. The molecule has 0 saturated heterocycles. The van der Waals surface area contributed by atoms with Gasteiger partial charge in [0.2, 0.25) is 0 Å². The van der Waals surface area contributed by atoms with Crippen LogP contribution in [0.1, 0.15) is 9.67 Å². The lowest BCUT2D eigenvalue weighted by atomic mass is 10.2. The molecule has 0 unspecified atom stereocenters. The Morgan fingerprint density at radius 2 is 2.23 bits per heavy atom. The van der Waals surface area contributed by atoms with E-state index in [1.165, 1.54) is 12.1 Å². The van der Waals surface area contributed by atoms with Crippen LogP contribution in [-0.4, -0.2) is 6.29 Å². The fourth-order valence-corrected chi connectivity index (χ4v) is 2.31. The molecule has 0 aliphatic heterocycles. The van der Waals surface area contributed by atoms with Crippen LogP contribution < -0.4 is 0 Å². The van der Waals surface area contributed by atoms with Gasteiger partial charge >= 0.3 is 0 Å². The van der Waals surface area contributed by atoms with E-state index in [4.69, 9.17) is 11.6 Å². The fraction of sp³-hybridized carbons (Fsp3) is 0. The van der Waals surface area contributed by atoms with Crippen LogP contribution in [0.15, 0.2) is 18.2 Å². The largest absolute Gasteiger partial charge is 0.297 e. The Morgan fingerprint density at radius 3 is 2.85 bits per heavy atom. The van der Waals surface area contributed by atoms with Gasteiger partial charge in [0.05, 0.1) is 9.58 Å². The minimum absolute atomic E-state index is 0.336. The number of aldehydes is 1. The van der Waals surface area contributed by atoms with Crippen LogP contribution in [0, 0.1) is 5.82 Å². The zero-order valence-electron chi connectivity index (χ0n) is 6.38. The number of rotatable bonds is 1. The molecular formula is C9H4ClFOS. The van der Waals surface area contributed by atoms with Crippen molar-refractivity contribution in [3.63, 3.8) is 0 Å². The third kappa shape index (κ3) is 1.34. The molecule has 1 aromatic heterocycles. The van der Waals surface area contributed by atoms with E-state index in [1.807, 2.05) is 0 Å². The van der Waals surface area contributed by atoms with Gasteiger partial charge < -0.3 is 0 Å². The maximum atomic E-state index is 13.2. The quantitative estimate of drug-likeness (QED) is 0.664. The predicted molar refractivity (Wildman–Crippen MR) is 52.2 cm³/mol. The van der Waals surface area contributed by atoms with Crippen LogP contribution in [0.25, 0.3) is 10.1 Å². The van der Waals surface area contributed by atoms with Gasteiger partial charge in [0.1, 0.15) is 5.82 Å². The molecule has 13 heavy (non-hydrogen) atoms. The Balaban J connectivity index is 2.87. The monoisotopic (exact) mass is 214 g/mol. The molecule has 0 aliphatic carbocycles. The van der Waals surface area contributed by atoms with Gasteiger partial charge in [0.15, 0.2) is 6.29 Å². The van der Waals surface area contributed by atoms with Gasteiger partial charge in [-0.05, 0) is 18.2 Å². The van der Waals surface area contributed by atoms with Crippen LogP contribution in [0.4, 0.5) is 4.39 Å². The van der Waals surface area contributed by atoms with E-state index < -0.39 is 0 Å². The third-order valence-corrected chi connectivity index (χ3v) is 3.12. The number of hydrogen-bond acceptors (Lipinski definition) is 2. The van der Waals surface area contributed by atoms with E-state index in [9.17, 15) is 9.18 Å². The molecule has 66 valence electrons. The van der Waals surface area contributed by atoms with E-state index in [-0.39, 0.29) is 5.82 Å². The number of thiophene rings is 1. The van der Waals surface area contributed by atoms with Gasteiger partial charge in [-0.3, -0.25) is 4.79 Å². The minimum atomic E-state index is -0.336. The summed E-state index contributed by atoms with van der Waals surface area (Å²) in [7, 11) is 0. The van der Waals surface area contributed by atoms with Crippen molar-refractivity contribution in [3.05, 3.63) is 33.9 Å². The van der Waals surface area contributed by atoms with Crippen molar-refractivity contribution in [2.45, 2.75) is 0 Å². The van der Waals surface area contributed by atoms with Crippen LogP contribution >= 0.6 is 22.9 Å². The third-order valence-electron chi connectivity index (χ3n) is 1.72. The van der Waals surface area contributed by atoms with E-state index in [1.54, 1.807) is 6.07 Å². The van der Waals surface area contributed by atoms with E-state index in [0.717, 1.165) is 11.3 Å². The fourth-order valence-electron chi connectivity index (χ4n) is 1.13. The van der Waals surface area contributed by atoms with Gasteiger partial charge in [-0.15, -0.1) is 11.3 Å². The van der Waals surface area contributed by atoms with Crippen molar-refractivity contribution >= 4 is 39.3 Å². The number of carbonyl (C=O) groups is 1. The van der Waals surface area contributed by atoms with Gasteiger partial charge in [-0.25, -0.2) is 4.39 Å². The zero-order chi connectivity index (χ0) is 9.42. The second-order valence-electron chi connectivity index (χ2n) is 2.54. The summed E-state index contributed by atoms with van der Waals surface area (Å²) in [6.07, 6.45) is 0.695. The molecular weight excluding hydrogens is 211 g/mol. The zero-order valence-corrected chi connectivity index (χ0v) is 7.95. The molecule has 1 heterocycles. The lowest BCUT2D eigenvalue weighted by Gasteiger charge is -1.93. The second kappa shape index (κ2) is 3.09. The molecule has 1 nitrogen and oxygen atoms in total. The standard InChI is InChI=1S/C9H4ClFOS/c10-7-1-2-8(11)9-6(7)3-5(4-12)13-9/h1-4H. The molecule has 2 rings (SSSR count). The van der Waals surface area contributed by atoms with Crippen LogP contribution in [0.5, 0.6) is 0 Å². The number of benzene rings is 1. The molecule has 0 atom stereocenters. The summed E-state index contributed by atoms with van der Waals surface area (Å²) in [6, 6.07) is 4.38. The summed E-state index contributed by atoms with van der Waals surface area (Å²) in [5.74, 6) is -0.336. The summed E-state index contributed by atoms with van der Waals surface area (Å²) in [4.78, 5) is 10.9. The first-order valence-corrected chi connectivity index (χ1v) is 4.74. The number of carbonyl (C=O) groups excluding carboxylic acids is 1. The molecule has 2 aromatic rings. The molecule has 0 saturated carbocycles. The van der Waals surface area contributed by atoms with E-state index in [2.05, 4.69) is 0 Å². The highest BCUT2D eigenvalue weighted by atomic mass is 35.5. The lowest BCUT2D eigenvalue weighted by Crippen LogP contribution is -1.72. The first-order chi connectivity index (χ1) is 6.22. The first-order valence-electron chi connectivity index (χ1n) is 3.55. The number of halogens is 2. The van der Waals surface area contributed by atoms with Crippen molar-refractivity contribution in [2.75, 3.05) is 0 Å². The van der Waals surface area contributed by atoms with Crippen molar-refractivity contribution in [3.8, 4) is 0 Å². The maximum Gasteiger partial charge on any atom is 0.160 e. The summed E-state index contributed by atoms with van der Waals surface area (Å²) in [5.41, 5.74) is 0. The molecule has 0 N–H and O–H groups in total. The minimum Gasteiger partial charge on any atom is -0.297 e. The number of hydrogen-bond donors (Lipinski definition) is 0. The summed E-state index contributed by atoms with van der Waals surface area (Å²) < 4.78 is 13.6. The highest BCUT2D eigenvalue weighted by Gasteiger charge is 2.08. The maximum absolute atomic E-state index is 13.2. The summed E-state index contributed by atoms with van der Waals surface area (Å²) >= 11 is 6.93. The molecule has 0 bridgehead atoms. The Morgan fingerprint density at radius 1 is 1.46 bits per heavy atom. The predicted octanol–water partition coefficient (Wildman–Crippen LogP) is 3.51. The van der Waals surface area contributed by atoms with Gasteiger partial charge in [0, 0.05) is 10.4 Å². The Hall–Kier alpha value is -0.930. The molecule has 0 aliphatic rings. The Bertz CT molecular complexity index is 439. The second-order valence-corrected chi connectivity index (χ2v) is 4.03. The van der Waals surface area contributed by atoms with Crippen molar-refractivity contribution in [1.29, 1.82) is 0 Å². The molecule has 0 amide bonds. The van der Waals surface area contributed by atoms with E-state index in [0.29, 0.717) is 26.3 Å². The highest BCUT2D eigenvalue weighted by Crippen LogP contribution is 2.32. The van der Waals surface area contributed by atoms with Crippen LogP contribution in [0.2, 0.25) is 5.02 Å². The average molecular weight is 215 g/mol. The van der Waals surface area contributed by atoms with Crippen molar-refractivity contribution in [2.24, 2.45) is 0 Å². The van der Waals surface area contributed by atoms with Crippen LogP contribution in [-0.2, 0) is 0 Å². The topological polar surface area (TPSA) is 17.1 Å². The average Bonchev–Trinajstić information content (AvgIpc) is 2.56. The van der Waals surface area contributed by atoms with Crippen molar-refractivity contribution < 1.29 is 9.18 Å². The molecule has 0 spiro atoms. The normalized spacial score (nSPS) is 10.6. The molecule has 4 heteroatoms. The highest BCUT2D eigenvalue weighted by molar-refractivity contribution is 7.20. The van der Waals surface area contributed by atoms with Gasteiger partial charge in [-0.2, -0.15) is 0 Å². The number of fused-ring (bicyclic) bond motifs is 1. The van der Waals surface area contributed by atoms with E-state index >= 15 is 0 Å². The SMILES string of the molecule is O=Cc1cc2c(Cl)ccc(F)c2s1. The van der Waals surface area contributed by atoms with Gasteiger partial charge in [-0.1, -0.05) is 11.6 Å². The van der Waals surface area contributed by atoms with Crippen LogP contribution in [0.3, 0.4) is 0 Å². The Kier molecular flexibility index (Phi) is 2.06. The molecule has 1 aromatic carbocycles. The smallest absolute Gasteiger partial charge is 0.160 e. The lowest BCUT2D eigenvalue weighted by molar-refractivity contribution is 0.112. The Labute approximate surface area is 82.7 Å². The van der Waals surface area contributed by atoms with Crippen molar-refractivity contribution in [1.82, 2.24) is 0 Å².